The number of hydrogen-bond acceptors (Lipinski definition) is 3. The Morgan fingerprint density at radius 3 is 2.84 bits per heavy atom. The molecule has 0 aromatic carbocycles. The summed E-state index contributed by atoms with van der Waals surface area (Å²) in [6.45, 7) is 8.03. The lowest BCUT2D eigenvalue weighted by molar-refractivity contribution is -0.128. The number of rotatable bonds is 8. The van der Waals surface area contributed by atoms with Gasteiger partial charge in [-0.05, 0) is 44.6 Å². The van der Waals surface area contributed by atoms with Crippen LogP contribution in [0.2, 0.25) is 0 Å². The monoisotopic (exact) mass is 270 g/mol. The zero-order valence-corrected chi connectivity index (χ0v) is 12.7. The van der Waals surface area contributed by atoms with Gasteiger partial charge in [-0.2, -0.15) is 0 Å². The minimum atomic E-state index is -0.546. The topological polar surface area (TPSA) is 64.3 Å². The first-order valence-corrected chi connectivity index (χ1v) is 7.66. The van der Waals surface area contributed by atoms with Crippen molar-refractivity contribution in [3.63, 3.8) is 0 Å². The van der Waals surface area contributed by atoms with E-state index in [9.17, 15) is 4.79 Å². The van der Waals surface area contributed by atoms with Crippen LogP contribution in [-0.4, -0.2) is 30.7 Å². The number of hydrogen-bond donors (Lipinski definition) is 2. The fraction of sp³-hybridized carbons (Fsp3) is 0.933. The standard InChI is InChI=1S/C15H30N2O2/c1-4-17-15(14(16)18)9-5-8-13(11-15)19-10-6-7-12(2)3/h12-13,17H,4-11H2,1-3H3,(H2,16,18). The van der Waals surface area contributed by atoms with Gasteiger partial charge in [0.25, 0.3) is 0 Å². The van der Waals surface area contributed by atoms with Crippen LogP contribution < -0.4 is 11.1 Å². The van der Waals surface area contributed by atoms with Crippen LogP contribution >= 0.6 is 0 Å². The smallest absolute Gasteiger partial charge is 0.237 e. The van der Waals surface area contributed by atoms with Crippen molar-refractivity contribution in [1.29, 1.82) is 0 Å². The SMILES string of the molecule is CCNC1(C(N)=O)CCCC(OCCCC(C)C)C1. The van der Waals surface area contributed by atoms with Gasteiger partial charge < -0.3 is 15.8 Å². The van der Waals surface area contributed by atoms with Crippen LogP contribution in [0.15, 0.2) is 0 Å². The number of primary amides is 1. The fourth-order valence-corrected chi connectivity index (χ4v) is 2.92. The van der Waals surface area contributed by atoms with E-state index in [4.69, 9.17) is 10.5 Å². The van der Waals surface area contributed by atoms with Crippen molar-refractivity contribution < 1.29 is 9.53 Å². The molecule has 1 saturated carbocycles. The van der Waals surface area contributed by atoms with Crippen LogP contribution in [0.5, 0.6) is 0 Å². The molecule has 1 aliphatic rings. The number of carbonyl (C=O) groups is 1. The molecule has 0 bridgehead atoms. The molecule has 19 heavy (non-hydrogen) atoms. The molecule has 0 radical (unpaired) electrons. The summed E-state index contributed by atoms with van der Waals surface area (Å²) in [5.74, 6) is 0.492. The molecule has 0 heterocycles. The van der Waals surface area contributed by atoms with Gasteiger partial charge in [0.1, 0.15) is 5.54 Å². The van der Waals surface area contributed by atoms with Gasteiger partial charge in [-0.25, -0.2) is 0 Å². The highest BCUT2D eigenvalue weighted by Gasteiger charge is 2.40. The third kappa shape index (κ3) is 5.11. The van der Waals surface area contributed by atoms with Gasteiger partial charge in [-0.15, -0.1) is 0 Å². The van der Waals surface area contributed by atoms with E-state index in [0.717, 1.165) is 51.2 Å². The van der Waals surface area contributed by atoms with Crippen LogP contribution in [-0.2, 0) is 9.53 Å². The van der Waals surface area contributed by atoms with Gasteiger partial charge in [-0.1, -0.05) is 20.8 Å². The van der Waals surface area contributed by atoms with Crippen LogP contribution in [0.4, 0.5) is 0 Å². The number of nitrogens with two attached hydrogens (primary N) is 1. The van der Waals surface area contributed by atoms with Crippen LogP contribution in [0, 0.1) is 5.92 Å². The Bertz CT molecular complexity index is 277. The molecule has 0 spiro atoms. The molecule has 0 aromatic heterocycles. The zero-order valence-electron chi connectivity index (χ0n) is 12.7. The Morgan fingerprint density at radius 2 is 2.26 bits per heavy atom. The van der Waals surface area contributed by atoms with E-state index in [0.29, 0.717) is 0 Å². The summed E-state index contributed by atoms with van der Waals surface area (Å²) in [7, 11) is 0. The maximum absolute atomic E-state index is 11.7. The van der Waals surface area contributed by atoms with Crippen molar-refractivity contribution in [3.8, 4) is 0 Å². The van der Waals surface area contributed by atoms with Crippen LogP contribution in [0.3, 0.4) is 0 Å². The van der Waals surface area contributed by atoms with E-state index in [2.05, 4.69) is 19.2 Å². The van der Waals surface area contributed by atoms with E-state index >= 15 is 0 Å². The molecule has 1 aliphatic carbocycles. The first-order valence-electron chi connectivity index (χ1n) is 7.66. The molecule has 4 nitrogen and oxygen atoms in total. The molecule has 3 N–H and O–H groups in total. The molecule has 2 unspecified atom stereocenters. The van der Waals surface area contributed by atoms with Gasteiger partial charge in [0.05, 0.1) is 6.10 Å². The zero-order chi connectivity index (χ0) is 14.3. The second kappa shape index (κ2) is 7.85. The van der Waals surface area contributed by atoms with Gasteiger partial charge in [0, 0.05) is 13.0 Å². The quantitative estimate of drug-likeness (QED) is 0.665. The summed E-state index contributed by atoms with van der Waals surface area (Å²) in [4.78, 5) is 11.7. The molecular formula is C15H30N2O2. The predicted molar refractivity (Wildman–Crippen MR) is 77.9 cm³/mol. The fourth-order valence-electron chi connectivity index (χ4n) is 2.92. The molecule has 4 heteroatoms. The highest BCUT2D eigenvalue weighted by Crippen LogP contribution is 2.30. The Balaban J connectivity index is 2.42. The summed E-state index contributed by atoms with van der Waals surface area (Å²) in [5.41, 5.74) is 5.04. The summed E-state index contributed by atoms with van der Waals surface area (Å²) in [6.07, 6.45) is 6.07. The lowest BCUT2D eigenvalue weighted by Gasteiger charge is -2.39. The van der Waals surface area contributed by atoms with Crippen molar-refractivity contribution in [2.75, 3.05) is 13.2 Å². The molecule has 0 aliphatic heterocycles. The first-order chi connectivity index (χ1) is 9.00. The van der Waals surface area contributed by atoms with Gasteiger partial charge in [-0.3, -0.25) is 4.79 Å². The van der Waals surface area contributed by atoms with Crippen molar-refractivity contribution in [3.05, 3.63) is 0 Å². The molecule has 1 rings (SSSR count). The highest BCUT2D eigenvalue weighted by atomic mass is 16.5. The van der Waals surface area contributed by atoms with Crippen molar-refractivity contribution >= 4 is 5.91 Å². The lowest BCUT2D eigenvalue weighted by atomic mass is 9.79. The highest BCUT2D eigenvalue weighted by molar-refractivity contribution is 5.84. The second-order valence-corrected chi connectivity index (χ2v) is 6.10. The van der Waals surface area contributed by atoms with Gasteiger partial charge in [0.15, 0.2) is 0 Å². The Labute approximate surface area is 117 Å². The maximum atomic E-state index is 11.7. The molecule has 2 atom stereocenters. The summed E-state index contributed by atoms with van der Waals surface area (Å²) in [6, 6.07) is 0. The van der Waals surface area contributed by atoms with Crippen LogP contribution in [0.25, 0.3) is 0 Å². The Morgan fingerprint density at radius 1 is 1.53 bits per heavy atom. The van der Waals surface area contributed by atoms with E-state index in [-0.39, 0.29) is 12.0 Å². The molecule has 0 saturated heterocycles. The number of nitrogens with one attached hydrogen (secondary N) is 1. The average Bonchev–Trinajstić information content (AvgIpc) is 2.35. The van der Waals surface area contributed by atoms with Crippen molar-refractivity contribution in [2.24, 2.45) is 11.7 Å². The largest absolute Gasteiger partial charge is 0.378 e. The van der Waals surface area contributed by atoms with E-state index < -0.39 is 5.54 Å². The second-order valence-electron chi connectivity index (χ2n) is 6.10. The first kappa shape index (κ1) is 16.4. The minimum Gasteiger partial charge on any atom is -0.378 e. The number of ether oxygens (including phenoxy) is 1. The lowest BCUT2D eigenvalue weighted by Crippen LogP contribution is -2.58. The summed E-state index contributed by atoms with van der Waals surface area (Å²) < 4.78 is 5.94. The molecule has 0 aromatic rings. The van der Waals surface area contributed by atoms with E-state index in [1.54, 1.807) is 0 Å². The Hall–Kier alpha value is -0.610. The number of carbonyl (C=O) groups excluding carboxylic acids is 1. The maximum Gasteiger partial charge on any atom is 0.237 e. The Kier molecular flexibility index (Phi) is 6.80. The molecular weight excluding hydrogens is 240 g/mol. The molecule has 1 amide bonds. The average molecular weight is 270 g/mol. The molecule has 112 valence electrons. The number of likely N-dealkylation sites (N-methyl/N-ethyl adjacent to an activating group) is 1. The minimum absolute atomic E-state index is 0.174. The van der Waals surface area contributed by atoms with E-state index in [1.165, 1.54) is 6.42 Å². The summed E-state index contributed by atoms with van der Waals surface area (Å²) in [5, 5.41) is 3.28. The third-order valence-electron chi connectivity index (χ3n) is 3.97. The normalized spacial score (nSPS) is 27.7. The summed E-state index contributed by atoms with van der Waals surface area (Å²) >= 11 is 0. The molecule has 1 fully saturated rings. The van der Waals surface area contributed by atoms with Gasteiger partial charge >= 0.3 is 0 Å². The predicted octanol–water partition coefficient (Wildman–Crippen LogP) is 2.22. The third-order valence-corrected chi connectivity index (χ3v) is 3.97. The van der Waals surface area contributed by atoms with Crippen molar-refractivity contribution in [2.45, 2.75) is 70.9 Å². The van der Waals surface area contributed by atoms with Crippen LogP contribution in [0.1, 0.15) is 59.3 Å². The number of amides is 1. The van der Waals surface area contributed by atoms with E-state index in [1.807, 2.05) is 6.92 Å². The van der Waals surface area contributed by atoms with Gasteiger partial charge in [0.2, 0.25) is 5.91 Å². The van der Waals surface area contributed by atoms with Crippen molar-refractivity contribution in [1.82, 2.24) is 5.32 Å².